The van der Waals surface area contributed by atoms with Crippen molar-refractivity contribution in [3.8, 4) is 0 Å². The normalized spacial score (nSPS) is 16.3. The third kappa shape index (κ3) is 5.58. The first-order valence-electron chi connectivity index (χ1n) is 12.9. The maximum Gasteiger partial charge on any atom is 0.277 e. The Morgan fingerprint density at radius 2 is 1.92 bits per heavy atom. The number of piperidine rings is 1. The topological polar surface area (TPSA) is 108 Å². The van der Waals surface area contributed by atoms with Gasteiger partial charge in [-0.05, 0) is 76.9 Å². The molecule has 1 aromatic carbocycles. The second kappa shape index (κ2) is 10.8. The van der Waals surface area contributed by atoms with Crippen molar-refractivity contribution in [1.29, 1.82) is 0 Å². The Morgan fingerprint density at radius 3 is 2.59 bits per heavy atom. The number of amides is 2. The average molecular weight is 507 g/mol. The van der Waals surface area contributed by atoms with Gasteiger partial charge in [0.2, 0.25) is 5.91 Å². The number of aromatic nitrogens is 4. The lowest BCUT2D eigenvalue weighted by Crippen LogP contribution is -2.34. The van der Waals surface area contributed by atoms with E-state index in [0.29, 0.717) is 34.7 Å². The quantitative estimate of drug-likeness (QED) is 0.506. The number of likely N-dealkylation sites (N-methyl/N-ethyl adjacent to an activating group) is 2. The lowest BCUT2D eigenvalue weighted by molar-refractivity contribution is -0.127. The minimum absolute atomic E-state index is 0.0369. The van der Waals surface area contributed by atoms with E-state index in [1.165, 1.54) is 6.33 Å². The third-order valence-electron chi connectivity index (χ3n) is 7.06. The number of benzene rings is 1. The van der Waals surface area contributed by atoms with Crippen molar-refractivity contribution in [3.63, 3.8) is 0 Å². The molecule has 0 spiro atoms. The number of likely N-dealkylation sites (tertiary alicyclic amines) is 1. The molecule has 0 bridgehead atoms. The summed E-state index contributed by atoms with van der Waals surface area (Å²) in [7, 11) is 5.60. The summed E-state index contributed by atoms with van der Waals surface area (Å²) in [6, 6.07) is 4.02. The highest BCUT2D eigenvalue weighted by Crippen LogP contribution is 2.31. The predicted octanol–water partition coefficient (Wildman–Crippen LogP) is 3.41. The predicted molar refractivity (Wildman–Crippen MR) is 146 cm³/mol. The van der Waals surface area contributed by atoms with E-state index in [0.717, 1.165) is 42.6 Å². The van der Waals surface area contributed by atoms with Crippen LogP contribution in [0.15, 0.2) is 18.5 Å². The molecule has 3 aromatic rings. The van der Waals surface area contributed by atoms with Gasteiger partial charge in [0, 0.05) is 32.4 Å². The van der Waals surface area contributed by atoms with E-state index >= 15 is 0 Å². The monoisotopic (exact) mass is 506 g/mol. The van der Waals surface area contributed by atoms with E-state index in [1.807, 2.05) is 44.5 Å². The molecule has 2 N–H and O–H groups in total. The fourth-order valence-corrected chi connectivity index (χ4v) is 4.81. The molecule has 0 radical (unpaired) electrons. The largest absolute Gasteiger partial charge is 0.367 e. The maximum atomic E-state index is 13.7. The Labute approximate surface area is 218 Å². The minimum Gasteiger partial charge on any atom is -0.367 e. The summed E-state index contributed by atoms with van der Waals surface area (Å²) in [5.41, 5.74) is 4.51. The van der Waals surface area contributed by atoms with E-state index in [1.54, 1.807) is 19.0 Å². The smallest absolute Gasteiger partial charge is 0.277 e. The van der Waals surface area contributed by atoms with Crippen LogP contribution in [0.3, 0.4) is 0 Å². The van der Waals surface area contributed by atoms with Crippen LogP contribution < -0.4 is 10.6 Å². The maximum absolute atomic E-state index is 13.7. The summed E-state index contributed by atoms with van der Waals surface area (Å²) in [6.45, 7) is 9.89. The molecule has 3 heterocycles. The van der Waals surface area contributed by atoms with Gasteiger partial charge in [0.1, 0.15) is 12.1 Å². The number of carbonyl (C=O) groups is 2. The van der Waals surface area contributed by atoms with Crippen LogP contribution in [0.5, 0.6) is 0 Å². The second-order valence-corrected chi connectivity index (χ2v) is 10.5. The van der Waals surface area contributed by atoms with Crippen LogP contribution >= 0.6 is 0 Å². The zero-order chi connectivity index (χ0) is 26.9. The fraction of sp³-hybridized carbons (Fsp3) is 0.519. The summed E-state index contributed by atoms with van der Waals surface area (Å²) in [5, 5.41) is 11.9. The highest BCUT2D eigenvalue weighted by atomic mass is 16.2. The number of carbonyl (C=O) groups excluding carboxylic acids is 2. The number of hydrogen-bond donors (Lipinski definition) is 2. The van der Waals surface area contributed by atoms with Gasteiger partial charge < -0.3 is 20.4 Å². The van der Waals surface area contributed by atoms with Crippen LogP contribution in [-0.2, 0) is 11.2 Å². The van der Waals surface area contributed by atoms with Crippen LogP contribution in [0.4, 0.5) is 11.5 Å². The number of nitrogens with one attached hydrogen (secondary N) is 2. The highest BCUT2D eigenvalue weighted by molar-refractivity contribution is 6.13. The van der Waals surface area contributed by atoms with Gasteiger partial charge in [0.25, 0.3) is 5.91 Å². The summed E-state index contributed by atoms with van der Waals surface area (Å²) in [5.74, 6) is 0.329. The molecule has 1 atom stereocenters. The molecule has 1 aliphatic rings. The van der Waals surface area contributed by atoms with Crippen molar-refractivity contribution in [3.05, 3.63) is 40.8 Å². The van der Waals surface area contributed by atoms with E-state index < -0.39 is 0 Å². The molecular weight excluding hydrogens is 468 g/mol. The molecular formula is C27H38N8O2. The Bertz CT molecular complexity index is 1310. The Kier molecular flexibility index (Phi) is 7.77. The Balaban J connectivity index is 1.72. The number of rotatable bonds is 7. The van der Waals surface area contributed by atoms with Gasteiger partial charge in [-0.15, -0.1) is 0 Å². The summed E-state index contributed by atoms with van der Waals surface area (Å²) < 4.78 is 1.90. The number of fused-ring (bicyclic) bond motifs is 1. The number of nitrogens with zero attached hydrogens (tertiary/aromatic N) is 6. The second-order valence-electron chi connectivity index (χ2n) is 10.5. The number of hydrogen-bond acceptors (Lipinski definition) is 7. The average Bonchev–Trinajstić information content (AvgIpc) is 3.24. The van der Waals surface area contributed by atoms with Gasteiger partial charge in [0.15, 0.2) is 11.3 Å². The Hall–Kier alpha value is -3.53. The molecule has 1 aliphatic heterocycles. The van der Waals surface area contributed by atoms with Crippen molar-refractivity contribution < 1.29 is 9.59 Å². The first-order chi connectivity index (χ1) is 17.6. The van der Waals surface area contributed by atoms with E-state index in [2.05, 4.69) is 32.5 Å². The van der Waals surface area contributed by atoms with Crippen molar-refractivity contribution in [1.82, 2.24) is 29.5 Å². The molecule has 1 saturated heterocycles. The summed E-state index contributed by atoms with van der Waals surface area (Å²) >= 11 is 0. The lowest BCUT2D eigenvalue weighted by Gasteiger charge is -2.29. The van der Waals surface area contributed by atoms with Crippen molar-refractivity contribution >= 4 is 34.4 Å². The standard InChI is InChI=1S/C27H38N8O2/c1-16(2)30-25-23-24(32-35(26(23)29-15-28-25)20-9-8-12-34(7)14-20)27(37)31-21-11-10-19(17(3)18(21)4)13-22(36)33(5)6/h10-11,15-16,20H,8-9,12-14H2,1-7H3,(H,31,37)(H,28,29,30). The van der Waals surface area contributed by atoms with Gasteiger partial charge in [-0.25, -0.2) is 14.6 Å². The molecule has 2 aromatic heterocycles. The minimum atomic E-state index is -0.311. The van der Waals surface area contributed by atoms with Crippen molar-refractivity contribution in [2.75, 3.05) is 44.9 Å². The fourth-order valence-electron chi connectivity index (χ4n) is 4.81. The van der Waals surface area contributed by atoms with Crippen molar-refractivity contribution in [2.24, 2.45) is 0 Å². The molecule has 2 amide bonds. The highest BCUT2D eigenvalue weighted by Gasteiger charge is 2.28. The lowest BCUT2D eigenvalue weighted by atomic mass is 9.98. The van der Waals surface area contributed by atoms with Gasteiger partial charge in [0.05, 0.1) is 17.8 Å². The zero-order valence-electron chi connectivity index (χ0n) is 22.9. The third-order valence-corrected chi connectivity index (χ3v) is 7.06. The van der Waals surface area contributed by atoms with Crippen LogP contribution in [-0.4, -0.2) is 81.6 Å². The van der Waals surface area contributed by atoms with Crippen LogP contribution in [0.1, 0.15) is 59.9 Å². The molecule has 37 heavy (non-hydrogen) atoms. The molecule has 198 valence electrons. The van der Waals surface area contributed by atoms with Crippen LogP contribution in [0.2, 0.25) is 0 Å². The molecule has 0 aliphatic carbocycles. The van der Waals surface area contributed by atoms with Crippen LogP contribution in [0.25, 0.3) is 11.0 Å². The molecule has 1 fully saturated rings. The van der Waals surface area contributed by atoms with E-state index in [-0.39, 0.29) is 23.9 Å². The molecule has 0 saturated carbocycles. The van der Waals surface area contributed by atoms with Crippen LogP contribution in [0, 0.1) is 13.8 Å². The summed E-state index contributed by atoms with van der Waals surface area (Å²) in [6.07, 6.45) is 3.89. The Morgan fingerprint density at radius 1 is 1.16 bits per heavy atom. The molecule has 10 nitrogen and oxygen atoms in total. The number of anilines is 2. The molecule has 4 rings (SSSR count). The molecule has 1 unspecified atom stereocenters. The zero-order valence-corrected chi connectivity index (χ0v) is 22.9. The van der Waals surface area contributed by atoms with Gasteiger partial charge in [-0.2, -0.15) is 5.10 Å². The first kappa shape index (κ1) is 26.5. The SMILES string of the molecule is Cc1c(CC(=O)N(C)C)ccc(NC(=O)c2nn(C3CCCN(C)C3)c3ncnc(NC(C)C)c23)c1C. The van der Waals surface area contributed by atoms with Gasteiger partial charge >= 0.3 is 0 Å². The first-order valence-corrected chi connectivity index (χ1v) is 12.9. The van der Waals surface area contributed by atoms with Gasteiger partial charge in [-0.3, -0.25) is 9.59 Å². The molecule has 10 heteroatoms. The van der Waals surface area contributed by atoms with Gasteiger partial charge in [-0.1, -0.05) is 6.07 Å². The van der Waals surface area contributed by atoms with Crippen molar-refractivity contribution in [2.45, 2.75) is 59.0 Å². The summed E-state index contributed by atoms with van der Waals surface area (Å²) in [4.78, 5) is 38.8. The van der Waals surface area contributed by atoms with E-state index in [9.17, 15) is 9.59 Å². The van der Waals surface area contributed by atoms with E-state index in [4.69, 9.17) is 5.10 Å².